The first-order valence-corrected chi connectivity index (χ1v) is 6.70. The van der Waals surface area contributed by atoms with Crippen LogP contribution >= 0.6 is 0 Å². The van der Waals surface area contributed by atoms with E-state index in [-0.39, 0.29) is 25.1 Å². The Kier molecular flexibility index (Phi) is 4.72. The van der Waals surface area contributed by atoms with Crippen LogP contribution in [-0.4, -0.2) is 35.7 Å². The number of hydrogen-bond donors (Lipinski definition) is 2. The quantitative estimate of drug-likeness (QED) is 0.899. The Balaban J connectivity index is 1.84. The van der Waals surface area contributed by atoms with E-state index in [0.29, 0.717) is 18.7 Å². The SMILES string of the molecule is O=C(NCc1ccc(C(F)(F)F)cc1)N1CCC(CO)C1. The molecule has 2 N–H and O–H groups in total. The Labute approximate surface area is 120 Å². The minimum atomic E-state index is -4.35. The Morgan fingerprint density at radius 3 is 2.52 bits per heavy atom. The van der Waals surface area contributed by atoms with Gasteiger partial charge in [-0.1, -0.05) is 12.1 Å². The highest BCUT2D eigenvalue weighted by molar-refractivity contribution is 5.74. The molecule has 1 fully saturated rings. The summed E-state index contributed by atoms with van der Waals surface area (Å²) in [5.41, 5.74) is -0.0998. The molecule has 1 aromatic carbocycles. The Bertz CT molecular complexity index is 488. The van der Waals surface area contributed by atoms with Gasteiger partial charge in [0.15, 0.2) is 0 Å². The number of rotatable bonds is 3. The summed E-state index contributed by atoms with van der Waals surface area (Å²) >= 11 is 0. The van der Waals surface area contributed by atoms with Crippen LogP contribution in [0.4, 0.5) is 18.0 Å². The van der Waals surface area contributed by atoms with Crippen molar-refractivity contribution in [1.29, 1.82) is 0 Å². The number of urea groups is 1. The molecule has 116 valence electrons. The molecule has 2 amide bonds. The van der Waals surface area contributed by atoms with Crippen molar-refractivity contribution in [1.82, 2.24) is 10.2 Å². The number of likely N-dealkylation sites (tertiary alicyclic amines) is 1. The summed E-state index contributed by atoms with van der Waals surface area (Å²) in [4.78, 5) is 13.5. The van der Waals surface area contributed by atoms with E-state index in [1.807, 2.05) is 0 Å². The summed E-state index contributed by atoms with van der Waals surface area (Å²) in [5, 5.41) is 11.7. The van der Waals surface area contributed by atoms with Crippen LogP contribution in [0.1, 0.15) is 17.5 Å². The first-order chi connectivity index (χ1) is 9.90. The van der Waals surface area contributed by atoms with E-state index in [0.717, 1.165) is 18.6 Å². The fourth-order valence-corrected chi connectivity index (χ4v) is 2.27. The van der Waals surface area contributed by atoms with Gasteiger partial charge >= 0.3 is 12.2 Å². The second-order valence-corrected chi connectivity index (χ2v) is 5.14. The molecule has 0 aromatic heterocycles. The topological polar surface area (TPSA) is 52.6 Å². The van der Waals surface area contributed by atoms with Crippen LogP contribution in [0.5, 0.6) is 0 Å². The lowest BCUT2D eigenvalue weighted by Crippen LogP contribution is -2.38. The number of nitrogens with zero attached hydrogens (tertiary/aromatic N) is 1. The summed E-state index contributed by atoms with van der Waals surface area (Å²) in [6.45, 7) is 1.33. The van der Waals surface area contributed by atoms with Gasteiger partial charge in [-0.05, 0) is 24.1 Å². The fourth-order valence-electron chi connectivity index (χ4n) is 2.27. The van der Waals surface area contributed by atoms with Gasteiger partial charge in [-0.15, -0.1) is 0 Å². The first-order valence-electron chi connectivity index (χ1n) is 6.70. The Hall–Kier alpha value is -1.76. The van der Waals surface area contributed by atoms with Gasteiger partial charge in [0.1, 0.15) is 0 Å². The first kappa shape index (κ1) is 15.6. The van der Waals surface area contributed by atoms with Crippen LogP contribution in [0.3, 0.4) is 0 Å². The molecule has 1 saturated heterocycles. The van der Waals surface area contributed by atoms with Crippen LogP contribution in [0, 0.1) is 5.92 Å². The van der Waals surface area contributed by atoms with Crippen molar-refractivity contribution in [2.45, 2.75) is 19.1 Å². The van der Waals surface area contributed by atoms with Gasteiger partial charge in [-0.25, -0.2) is 4.79 Å². The van der Waals surface area contributed by atoms with Crippen molar-refractivity contribution in [2.75, 3.05) is 19.7 Å². The van der Waals surface area contributed by atoms with E-state index in [1.165, 1.54) is 12.1 Å². The highest BCUT2D eigenvalue weighted by atomic mass is 19.4. The molecule has 4 nitrogen and oxygen atoms in total. The summed E-state index contributed by atoms with van der Waals surface area (Å²) in [7, 11) is 0. The van der Waals surface area contributed by atoms with Gasteiger partial charge in [0.25, 0.3) is 0 Å². The summed E-state index contributed by atoms with van der Waals surface area (Å²) in [6, 6.07) is 4.44. The van der Waals surface area contributed by atoms with E-state index in [1.54, 1.807) is 4.90 Å². The molecular formula is C14H17F3N2O2. The number of aliphatic hydroxyl groups excluding tert-OH is 1. The van der Waals surface area contributed by atoms with Gasteiger partial charge in [-0.2, -0.15) is 13.2 Å². The van der Waals surface area contributed by atoms with Crippen molar-refractivity contribution in [3.63, 3.8) is 0 Å². The van der Waals surface area contributed by atoms with E-state index >= 15 is 0 Å². The highest BCUT2D eigenvalue weighted by Gasteiger charge is 2.30. The molecule has 7 heteroatoms. The number of benzene rings is 1. The predicted octanol–water partition coefficient (Wildman–Crippen LogP) is 2.23. The zero-order valence-corrected chi connectivity index (χ0v) is 11.4. The molecule has 21 heavy (non-hydrogen) atoms. The zero-order chi connectivity index (χ0) is 15.5. The highest BCUT2D eigenvalue weighted by Crippen LogP contribution is 2.29. The molecule has 1 aromatic rings. The van der Waals surface area contributed by atoms with Gasteiger partial charge in [0, 0.05) is 32.2 Å². The summed E-state index contributed by atoms with van der Waals surface area (Å²) < 4.78 is 37.2. The lowest BCUT2D eigenvalue weighted by atomic mass is 10.1. The molecule has 1 unspecified atom stereocenters. The molecule has 1 atom stereocenters. The number of alkyl halides is 3. The minimum absolute atomic E-state index is 0.0582. The van der Waals surface area contributed by atoms with Gasteiger partial charge in [0.05, 0.1) is 5.56 Å². The Morgan fingerprint density at radius 2 is 2.00 bits per heavy atom. The van der Waals surface area contributed by atoms with Crippen LogP contribution in [0.25, 0.3) is 0 Å². The molecule has 1 aliphatic rings. The molecule has 2 rings (SSSR count). The monoisotopic (exact) mass is 302 g/mol. The Morgan fingerprint density at radius 1 is 1.33 bits per heavy atom. The van der Waals surface area contributed by atoms with E-state index in [9.17, 15) is 18.0 Å². The summed E-state index contributed by atoms with van der Waals surface area (Å²) in [5.74, 6) is 0.113. The lowest BCUT2D eigenvalue weighted by Gasteiger charge is -2.17. The third-order valence-electron chi connectivity index (χ3n) is 3.56. The maximum Gasteiger partial charge on any atom is 0.416 e. The third kappa shape index (κ3) is 4.10. The molecule has 1 heterocycles. The van der Waals surface area contributed by atoms with E-state index in [2.05, 4.69) is 5.32 Å². The van der Waals surface area contributed by atoms with Crippen molar-refractivity contribution in [3.8, 4) is 0 Å². The number of nitrogens with one attached hydrogen (secondary N) is 1. The number of hydrogen-bond acceptors (Lipinski definition) is 2. The largest absolute Gasteiger partial charge is 0.416 e. The van der Waals surface area contributed by atoms with Crippen LogP contribution < -0.4 is 5.32 Å². The number of halogens is 3. The number of amides is 2. The second-order valence-electron chi connectivity index (χ2n) is 5.14. The van der Waals surface area contributed by atoms with Gasteiger partial charge in [-0.3, -0.25) is 0 Å². The number of carbonyl (C=O) groups excluding carboxylic acids is 1. The maximum absolute atomic E-state index is 12.4. The van der Waals surface area contributed by atoms with E-state index < -0.39 is 11.7 Å². The molecular weight excluding hydrogens is 285 g/mol. The number of aliphatic hydroxyl groups is 1. The van der Waals surface area contributed by atoms with Crippen molar-refractivity contribution in [3.05, 3.63) is 35.4 Å². The molecule has 1 aliphatic heterocycles. The molecule has 0 bridgehead atoms. The predicted molar refractivity (Wildman–Crippen MR) is 70.4 cm³/mol. The molecule has 0 radical (unpaired) electrons. The third-order valence-corrected chi connectivity index (χ3v) is 3.56. The normalized spacial score (nSPS) is 18.9. The van der Waals surface area contributed by atoms with Crippen LogP contribution in [-0.2, 0) is 12.7 Å². The zero-order valence-electron chi connectivity index (χ0n) is 11.4. The summed E-state index contributed by atoms with van der Waals surface area (Å²) in [6.07, 6.45) is -3.58. The molecule has 0 saturated carbocycles. The van der Waals surface area contributed by atoms with Crippen LogP contribution in [0.15, 0.2) is 24.3 Å². The van der Waals surface area contributed by atoms with Gasteiger partial charge < -0.3 is 15.3 Å². The van der Waals surface area contributed by atoms with Crippen LogP contribution in [0.2, 0.25) is 0 Å². The smallest absolute Gasteiger partial charge is 0.396 e. The molecule has 0 aliphatic carbocycles. The maximum atomic E-state index is 12.4. The second kappa shape index (κ2) is 6.34. The molecule has 0 spiro atoms. The average Bonchev–Trinajstić information content (AvgIpc) is 2.93. The van der Waals surface area contributed by atoms with Gasteiger partial charge in [0.2, 0.25) is 0 Å². The van der Waals surface area contributed by atoms with Crippen molar-refractivity contribution in [2.24, 2.45) is 5.92 Å². The minimum Gasteiger partial charge on any atom is -0.396 e. The standard InChI is InChI=1S/C14H17F3N2O2/c15-14(16,17)12-3-1-10(2-4-12)7-18-13(21)19-6-5-11(8-19)9-20/h1-4,11,20H,5-9H2,(H,18,21). The van der Waals surface area contributed by atoms with Crippen molar-refractivity contribution < 1.29 is 23.1 Å². The van der Waals surface area contributed by atoms with Crippen molar-refractivity contribution >= 4 is 6.03 Å². The van der Waals surface area contributed by atoms with E-state index in [4.69, 9.17) is 5.11 Å². The fraction of sp³-hybridized carbons (Fsp3) is 0.500. The average molecular weight is 302 g/mol. The lowest BCUT2D eigenvalue weighted by molar-refractivity contribution is -0.137. The number of carbonyl (C=O) groups is 1.